The quantitative estimate of drug-likeness (QED) is 0.231. The number of carbonyl (C=O) groups excluding carboxylic acids is 3. The Morgan fingerprint density at radius 1 is 1.23 bits per heavy atom. The van der Waals surface area contributed by atoms with E-state index in [1.807, 2.05) is 44.1 Å². The van der Waals surface area contributed by atoms with Gasteiger partial charge in [0.25, 0.3) is 5.91 Å². The molecule has 1 aromatic heterocycles. The number of aromatic nitrogens is 2. The second-order valence-corrected chi connectivity index (χ2v) is 12.5. The zero-order valence-electron chi connectivity index (χ0n) is 25.7. The van der Waals surface area contributed by atoms with E-state index in [9.17, 15) is 34.8 Å². The molecule has 12 heteroatoms. The molecule has 2 aromatic rings. The molecular weight excluding hydrogens is 566 g/mol. The average molecular weight is 606 g/mol. The number of likely N-dealkylation sites (N-methyl/N-ethyl adjacent to an activating group) is 2. The molecule has 0 saturated heterocycles. The predicted molar refractivity (Wildman–Crippen MR) is 162 cm³/mol. The summed E-state index contributed by atoms with van der Waals surface area (Å²) in [5.74, 6) is -6.72. The van der Waals surface area contributed by atoms with Crippen molar-refractivity contribution in [2.24, 2.45) is 24.6 Å². The van der Waals surface area contributed by atoms with E-state index in [0.29, 0.717) is 29.8 Å². The molecular formula is C32H39N5O7. The zero-order valence-corrected chi connectivity index (χ0v) is 25.7. The van der Waals surface area contributed by atoms with E-state index in [1.54, 1.807) is 32.0 Å². The Balaban J connectivity index is 1.72. The Labute approximate surface area is 255 Å². The Morgan fingerprint density at radius 3 is 2.48 bits per heavy atom. The van der Waals surface area contributed by atoms with E-state index in [2.05, 4.69) is 5.10 Å². The summed E-state index contributed by atoms with van der Waals surface area (Å²) in [5.41, 5.74) is 5.32. The molecule has 0 bridgehead atoms. The van der Waals surface area contributed by atoms with Crippen molar-refractivity contribution < 1.29 is 34.8 Å². The van der Waals surface area contributed by atoms with Crippen molar-refractivity contribution in [1.82, 2.24) is 19.6 Å². The third kappa shape index (κ3) is 4.64. The number of rotatable bonds is 7. The number of Topliss-reactive ketones (excluding diaryl/α,β-unsaturated/α-hetero) is 2. The number of hydrogen-bond donors (Lipinski definition) is 5. The van der Waals surface area contributed by atoms with Crippen molar-refractivity contribution in [3.8, 4) is 16.9 Å². The number of aliphatic hydroxyl groups excluding tert-OH is 2. The van der Waals surface area contributed by atoms with Crippen molar-refractivity contribution >= 4 is 17.5 Å². The number of benzene rings is 1. The minimum Gasteiger partial charge on any atom is -0.510 e. The summed E-state index contributed by atoms with van der Waals surface area (Å²) in [6, 6.07) is 0.805. The van der Waals surface area contributed by atoms with Crippen LogP contribution in [-0.2, 0) is 29.6 Å². The highest BCUT2D eigenvalue weighted by Crippen LogP contribution is 2.53. The number of phenols is 1. The fourth-order valence-corrected chi connectivity index (χ4v) is 7.18. The summed E-state index contributed by atoms with van der Waals surface area (Å²) < 4.78 is 1.64. The van der Waals surface area contributed by atoms with Gasteiger partial charge in [-0.05, 0) is 70.9 Å². The molecule has 1 amide bonds. The second kappa shape index (κ2) is 11.0. The smallest absolute Gasteiger partial charge is 0.255 e. The molecule has 0 spiro atoms. The molecule has 0 radical (unpaired) electrons. The van der Waals surface area contributed by atoms with E-state index in [4.69, 9.17) is 5.73 Å². The van der Waals surface area contributed by atoms with E-state index >= 15 is 0 Å². The number of aryl methyl sites for hydroxylation is 1. The molecule has 0 saturated carbocycles. The number of carbonyl (C=O) groups is 3. The maximum Gasteiger partial charge on any atom is 0.255 e. The number of aliphatic hydroxyl groups is 3. The molecule has 12 nitrogen and oxygen atoms in total. The van der Waals surface area contributed by atoms with Gasteiger partial charge < -0.3 is 26.2 Å². The first-order valence-corrected chi connectivity index (χ1v) is 14.4. The van der Waals surface area contributed by atoms with Gasteiger partial charge in [0, 0.05) is 49.0 Å². The number of phenolic OH excluding ortho intramolecular Hbond substituents is 1. The van der Waals surface area contributed by atoms with Crippen molar-refractivity contribution in [2.45, 2.75) is 44.9 Å². The van der Waals surface area contributed by atoms with E-state index in [-0.39, 0.29) is 29.7 Å². The topological polar surface area (TPSA) is 182 Å². The van der Waals surface area contributed by atoms with Crippen LogP contribution in [0.4, 0.5) is 0 Å². The third-order valence-corrected chi connectivity index (χ3v) is 9.27. The molecule has 3 aliphatic carbocycles. The van der Waals surface area contributed by atoms with Crippen molar-refractivity contribution in [3.63, 3.8) is 0 Å². The molecule has 44 heavy (non-hydrogen) atoms. The van der Waals surface area contributed by atoms with Crippen LogP contribution in [0, 0.1) is 11.8 Å². The van der Waals surface area contributed by atoms with Crippen LogP contribution in [0.15, 0.2) is 52.8 Å². The molecule has 0 unspecified atom stereocenters. The fraction of sp³-hybridized carbons (Fsp3) is 0.438. The van der Waals surface area contributed by atoms with Crippen LogP contribution < -0.4 is 5.73 Å². The van der Waals surface area contributed by atoms with Gasteiger partial charge in [0.05, 0.1) is 17.8 Å². The van der Waals surface area contributed by atoms with E-state index < -0.39 is 58.0 Å². The van der Waals surface area contributed by atoms with Crippen LogP contribution in [0.5, 0.6) is 5.75 Å². The molecule has 0 fully saturated rings. The highest BCUT2D eigenvalue weighted by molar-refractivity contribution is 6.25. The largest absolute Gasteiger partial charge is 0.510 e. The summed E-state index contributed by atoms with van der Waals surface area (Å²) in [6.07, 6.45) is 5.70. The molecule has 1 heterocycles. The van der Waals surface area contributed by atoms with Crippen LogP contribution >= 0.6 is 0 Å². The Kier molecular flexibility index (Phi) is 7.81. The van der Waals surface area contributed by atoms with Crippen LogP contribution in [0.2, 0.25) is 0 Å². The Hall–Kier alpha value is -4.26. The maximum absolute atomic E-state index is 14.3. The van der Waals surface area contributed by atoms with Gasteiger partial charge >= 0.3 is 0 Å². The minimum atomic E-state index is -2.69. The molecule has 6 N–H and O–H groups in total. The summed E-state index contributed by atoms with van der Waals surface area (Å²) in [7, 11) is 6.87. The van der Waals surface area contributed by atoms with Crippen molar-refractivity contribution in [3.05, 3.63) is 69.5 Å². The van der Waals surface area contributed by atoms with Gasteiger partial charge in [-0.25, -0.2) is 0 Å². The molecule has 3 aliphatic rings. The van der Waals surface area contributed by atoms with Gasteiger partial charge in [-0.2, -0.15) is 5.10 Å². The first-order chi connectivity index (χ1) is 20.6. The number of primary amides is 1. The van der Waals surface area contributed by atoms with Gasteiger partial charge in [-0.1, -0.05) is 11.6 Å². The lowest BCUT2D eigenvalue weighted by molar-refractivity contribution is -0.148. The fourth-order valence-electron chi connectivity index (χ4n) is 7.18. The molecule has 0 aliphatic heterocycles. The van der Waals surface area contributed by atoms with Gasteiger partial charge in [0.15, 0.2) is 11.4 Å². The number of amides is 1. The Morgan fingerprint density at radius 2 is 1.91 bits per heavy atom. The van der Waals surface area contributed by atoms with Crippen molar-refractivity contribution in [2.75, 3.05) is 27.7 Å². The molecule has 234 valence electrons. The number of allylic oxidation sites excluding steroid dienone is 2. The summed E-state index contributed by atoms with van der Waals surface area (Å²) >= 11 is 0. The summed E-state index contributed by atoms with van der Waals surface area (Å²) in [4.78, 5) is 43.7. The highest BCUT2D eigenvalue weighted by atomic mass is 16.3. The lowest BCUT2D eigenvalue weighted by Crippen LogP contribution is -2.63. The van der Waals surface area contributed by atoms with Gasteiger partial charge in [0.2, 0.25) is 5.78 Å². The van der Waals surface area contributed by atoms with Gasteiger partial charge in [0.1, 0.15) is 22.8 Å². The zero-order chi connectivity index (χ0) is 32.4. The van der Waals surface area contributed by atoms with Gasteiger partial charge in [-0.15, -0.1) is 0 Å². The van der Waals surface area contributed by atoms with Crippen LogP contribution in [0.1, 0.15) is 41.8 Å². The number of nitrogens with zero attached hydrogens (tertiary/aromatic N) is 4. The van der Waals surface area contributed by atoms with E-state index in [1.165, 1.54) is 4.90 Å². The first-order valence-electron chi connectivity index (χ1n) is 14.4. The minimum absolute atomic E-state index is 0.0155. The highest BCUT2D eigenvalue weighted by Gasteiger charge is 2.63. The first kappa shape index (κ1) is 31.2. The predicted octanol–water partition coefficient (Wildman–Crippen LogP) is 1.92. The standard InChI is InChI=1S/C32H39N5O7/c1-7-15(2)12-36(5)13-17-9-19(18-11-34-37(6)14-18)20-8-16-10-21-25(35(3)4)28(40)24(31(33)43)30(42)32(21,44)29(41)22(16)27(39)23(20)26(17)38/h7,9,11,14,16,21,25,38,40-41,44H,8,10,12-13H2,1-6H3,(H2,33,43)/b15-7+/t16-,21-,25-,32-/m0/s1. The molecule has 5 rings (SSSR count). The summed E-state index contributed by atoms with van der Waals surface area (Å²) in [6.45, 7) is 4.87. The third-order valence-electron chi connectivity index (χ3n) is 9.27. The maximum atomic E-state index is 14.3. The van der Waals surface area contributed by atoms with Crippen molar-refractivity contribution in [1.29, 1.82) is 0 Å². The van der Waals surface area contributed by atoms with Crippen LogP contribution in [0.3, 0.4) is 0 Å². The average Bonchev–Trinajstić information content (AvgIpc) is 3.37. The summed E-state index contributed by atoms with van der Waals surface area (Å²) in [5, 5.41) is 50.4. The number of ketones is 2. The van der Waals surface area contributed by atoms with Crippen LogP contribution in [-0.4, -0.2) is 96.8 Å². The molecule has 4 atom stereocenters. The second-order valence-electron chi connectivity index (χ2n) is 12.5. The SMILES string of the molecule is C/C=C(\C)CN(C)Cc1cc(-c2cnn(C)c2)c2c(c1O)C(=O)C1=C(O)[C@]3(O)C(=O)C(C(N)=O)=C(O)[C@@H](N(C)C)[C@@H]3C[C@@H]1C2. The number of fused-ring (bicyclic) bond motifs is 3. The number of aromatic hydroxyl groups is 1. The monoisotopic (exact) mass is 605 g/mol. The lowest BCUT2D eigenvalue weighted by Gasteiger charge is -2.50. The number of hydrogen-bond acceptors (Lipinski definition) is 10. The van der Waals surface area contributed by atoms with Gasteiger partial charge in [-0.3, -0.25) is 28.9 Å². The Bertz CT molecular complexity index is 1680. The number of nitrogens with two attached hydrogens (primary N) is 1. The normalized spacial score (nSPS) is 25.5. The molecule has 1 aromatic carbocycles. The van der Waals surface area contributed by atoms with Crippen LogP contribution in [0.25, 0.3) is 11.1 Å². The van der Waals surface area contributed by atoms with E-state index in [0.717, 1.165) is 11.1 Å². The lowest BCUT2D eigenvalue weighted by atomic mass is 9.58.